The van der Waals surface area contributed by atoms with Gasteiger partial charge in [-0.1, -0.05) is 12.1 Å². The van der Waals surface area contributed by atoms with Gasteiger partial charge in [-0.25, -0.2) is 0 Å². The van der Waals surface area contributed by atoms with Crippen LogP contribution in [0.15, 0.2) is 24.3 Å². The Kier molecular flexibility index (Phi) is 5.28. The van der Waals surface area contributed by atoms with E-state index in [9.17, 15) is 18.3 Å². The first kappa shape index (κ1) is 15.4. The fraction of sp³-hybridized carbons (Fsp3) is 0.364. The van der Waals surface area contributed by atoms with E-state index in [4.69, 9.17) is 9.66 Å². The number of benzene rings is 1. The van der Waals surface area contributed by atoms with Crippen molar-refractivity contribution in [3.05, 3.63) is 29.8 Å². The highest BCUT2D eigenvalue weighted by atomic mass is 32.3. The number of aliphatic carboxylic acids is 1. The van der Waals surface area contributed by atoms with E-state index in [1.54, 1.807) is 6.07 Å². The first-order chi connectivity index (χ1) is 8.76. The molecule has 0 saturated carbocycles. The number of rotatable bonds is 7. The topological polar surface area (TPSA) is 121 Å². The molecule has 0 spiro atoms. The third-order valence-electron chi connectivity index (χ3n) is 2.26. The van der Waals surface area contributed by atoms with Gasteiger partial charge in [-0.3, -0.25) is 9.35 Å². The molecule has 106 valence electrons. The first-order valence-electron chi connectivity index (χ1n) is 5.42. The number of carbonyl (C=O) groups is 1. The van der Waals surface area contributed by atoms with E-state index < -0.39 is 22.5 Å². The maximum absolute atomic E-state index is 10.5. The van der Waals surface area contributed by atoms with Gasteiger partial charge in [-0.2, -0.15) is 8.42 Å². The highest BCUT2D eigenvalue weighted by molar-refractivity contribution is 7.81. The van der Waals surface area contributed by atoms with Gasteiger partial charge >= 0.3 is 16.4 Å². The summed E-state index contributed by atoms with van der Waals surface area (Å²) in [5.74, 6) is -1.08. The number of carboxylic acids is 1. The van der Waals surface area contributed by atoms with Gasteiger partial charge in [0, 0.05) is 6.42 Å². The van der Waals surface area contributed by atoms with Crippen molar-refractivity contribution in [1.29, 1.82) is 0 Å². The Balaban J connectivity index is 2.64. The minimum atomic E-state index is -4.58. The Bertz CT molecular complexity index is 538. The maximum Gasteiger partial charge on any atom is 0.446 e. The van der Waals surface area contributed by atoms with Gasteiger partial charge < -0.3 is 14.4 Å². The highest BCUT2D eigenvalue weighted by Crippen LogP contribution is 2.17. The molecule has 0 aliphatic rings. The Morgan fingerprint density at radius 1 is 1.37 bits per heavy atom. The summed E-state index contributed by atoms with van der Waals surface area (Å²) in [6.07, 6.45) is -0.742. The summed E-state index contributed by atoms with van der Waals surface area (Å²) in [5.41, 5.74) is 0.569. The summed E-state index contributed by atoms with van der Waals surface area (Å²) in [5, 5.41) is 18.1. The van der Waals surface area contributed by atoms with E-state index in [0.717, 1.165) is 0 Å². The lowest BCUT2D eigenvalue weighted by Crippen LogP contribution is -2.13. The van der Waals surface area contributed by atoms with Gasteiger partial charge in [0.05, 0.1) is 6.10 Å². The molecule has 0 heterocycles. The molecule has 0 aliphatic heterocycles. The monoisotopic (exact) mass is 290 g/mol. The molecule has 3 N–H and O–H groups in total. The summed E-state index contributed by atoms with van der Waals surface area (Å²) in [6.45, 7) is 0. The molecule has 0 amide bonds. The standard InChI is InChI=1S/C11H14O7S/c12-9(4-5-11(13)14)6-8-2-1-3-10(7-8)18-19(15,16)17/h1-3,7,9,12H,4-6H2,(H,13,14)(H,15,16,17). The molecule has 7 nitrogen and oxygen atoms in total. The van der Waals surface area contributed by atoms with Crippen LogP contribution >= 0.6 is 0 Å². The van der Waals surface area contributed by atoms with Crippen LogP contribution in [0.2, 0.25) is 0 Å². The van der Waals surface area contributed by atoms with Crippen LogP contribution in [0.3, 0.4) is 0 Å². The van der Waals surface area contributed by atoms with Gasteiger partial charge in [0.15, 0.2) is 0 Å². The van der Waals surface area contributed by atoms with Crippen molar-refractivity contribution in [3.63, 3.8) is 0 Å². The minimum Gasteiger partial charge on any atom is -0.481 e. The summed E-state index contributed by atoms with van der Waals surface area (Å²) >= 11 is 0. The van der Waals surface area contributed by atoms with Gasteiger partial charge in [0.1, 0.15) is 5.75 Å². The largest absolute Gasteiger partial charge is 0.481 e. The Hall–Kier alpha value is -1.64. The maximum atomic E-state index is 10.5. The predicted molar refractivity (Wildman–Crippen MR) is 65.2 cm³/mol. The fourth-order valence-electron chi connectivity index (χ4n) is 1.51. The molecule has 1 unspecified atom stereocenters. The van der Waals surface area contributed by atoms with Crippen molar-refractivity contribution in [3.8, 4) is 5.75 Å². The zero-order chi connectivity index (χ0) is 14.5. The molecule has 0 fully saturated rings. The van der Waals surface area contributed by atoms with E-state index in [1.807, 2.05) is 0 Å². The van der Waals surface area contributed by atoms with Crippen LogP contribution in [0.1, 0.15) is 18.4 Å². The van der Waals surface area contributed by atoms with Crippen LogP contribution in [-0.4, -0.2) is 35.3 Å². The fourth-order valence-corrected chi connectivity index (χ4v) is 1.86. The zero-order valence-corrected chi connectivity index (χ0v) is 10.7. The van der Waals surface area contributed by atoms with Crippen molar-refractivity contribution >= 4 is 16.4 Å². The predicted octanol–water partition coefficient (Wildman–Crippen LogP) is 0.636. The van der Waals surface area contributed by atoms with Crippen molar-refractivity contribution < 1.29 is 32.2 Å². The Morgan fingerprint density at radius 2 is 2.05 bits per heavy atom. The number of aliphatic hydroxyl groups excluding tert-OH is 1. The van der Waals surface area contributed by atoms with Crippen molar-refractivity contribution in [1.82, 2.24) is 0 Å². The lowest BCUT2D eigenvalue weighted by atomic mass is 10.0. The Labute approximate surface area is 110 Å². The lowest BCUT2D eigenvalue weighted by molar-refractivity contribution is -0.137. The normalized spacial score (nSPS) is 12.9. The second-order valence-electron chi connectivity index (χ2n) is 3.95. The third-order valence-corrected chi connectivity index (χ3v) is 2.67. The van der Waals surface area contributed by atoms with Gasteiger partial charge in [0.25, 0.3) is 0 Å². The number of aliphatic hydroxyl groups is 1. The first-order valence-corrected chi connectivity index (χ1v) is 6.78. The third kappa shape index (κ3) is 6.75. The molecule has 0 radical (unpaired) electrons. The van der Waals surface area contributed by atoms with E-state index in [0.29, 0.717) is 5.56 Å². The van der Waals surface area contributed by atoms with Crippen LogP contribution in [0.25, 0.3) is 0 Å². The molecule has 0 aliphatic carbocycles. The van der Waals surface area contributed by atoms with E-state index in [2.05, 4.69) is 4.18 Å². The van der Waals surface area contributed by atoms with Gasteiger partial charge in [-0.05, 0) is 30.5 Å². The van der Waals surface area contributed by atoms with Crippen molar-refractivity contribution in [2.75, 3.05) is 0 Å². The molecule has 1 rings (SSSR count). The molecule has 1 aromatic carbocycles. The SMILES string of the molecule is O=C(O)CCC(O)Cc1cccc(OS(=O)(=O)O)c1. The summed E-state index contributed by atoms with van der Waals surface area (Å²) in [6, 6.07) is 5.80. The smallest absolute Gasteiger partial charge is 0.446 e. The molecule has 19 heavy (non-hydrogen) atoms. The highest BCUT2D eigenvalue weighted by Gasteiger charge is 2.11. The average Bonchev–Trinajstić information content (AvgIpc) is 2.24. The Morgan fingerprint density at radius 3 is 2.63 bits per heavy atom. The van der Waals surface area contributed by atoms with Crippen LogP contribution in [-0.2, 0) is 21.6 Å². The van der Waals surface area contributed by atoms with E-state index in [-0.39, 0.29) is 25.0 Å². The quantitative estimate of drug-likeness (QED) is 0.630. The van der Waals surface area contributed by atoms with Crippen LogP contribution in [0.4, 0.5) is 0 Å². The minimum absolute atomic E-state index is 0.0783. The molecular formula is C11H14O7S. The second-order valence-corrected chi connectivity index (χ2v) is 4.97. The second kappa shape index (κ2) is 6.50. The summed E-state index contributed by atoms with van der Waals surface area (Å²) in [7, 11) is -4.58. The summed E-state index contributed by atoms with van der Waals surface area (Å²) in [4.78, 5) is 10.3. The van der Waals surface area contributed by atoms with Crippen LogP contribution in [0.5, 0.6) is 5.75 Å². The van der Waals surface area contributed by atoms with Crippen LogP contribution < -0.4 is 4.18 Å². The van der Waals surface area contributed by atoms with E-state index in [1.165, 1.54) is 18.2 Å². The zero-order valence-electron chi connectivity index (χ0n) is 9.89. The summed E-state index contributed by atoms with van der Waals surface area (Å²) < 4.78 is 33.9. The lowest BCUT2D eigenvalue weighted by Gasteiger charge is -2.10. The molecule has 0 aromatic heterocycles. The number of hydrogen-bond donors (Lipinski definition) is 3. The van der Waals surface area contributed by atoms with Crippen molar-refractivity contribution in [2.24, 2.45) is 0 Å². The molecule has 0 bridgehead atoms. The number of hydrogen-bond acceptors (Lipinski definition) is 5. The number of carboxylic acid groups (broad SMARTS) is 1. The van der Waals surface area contributed by atoms with Gasteiger partial charge in [0.2, 0.25) is 0 Å². The van der Waals surface area contributed by atoms with Crippen LogP contribution in [0, 0.1) is 0 Å². The van der Waals surface area contributed by atoms with Gasteiger partial charge in [-0.15, -0.1) is 0 Å². The average molecular weight is 290 g/mol. The van der Waals surface area contributed by atoms with Crippen molar-refractivity contribution in [2.45, 2.75) is 25.4 Å². The molecular weight excluding hydrogens is 276 g/mol. The molecule has 1 aromatic rings. The molecule has 1 atom stereocenters. The molecule has 0 saturated heterocycles. The molecule has 8 heteroatoms. The van der Waals surface area contributed by atoms with E-state index >= 15 is 0 Å².